The summed E-state index contributed by atoms with van der Waals surface area (Å²) >= 11 is 12.1. The molecule has 110 valence electrons. The van der Waals surface area contributed by atoms with Gasteiger partial charge in [-0.25, -0.2) is 0 Å². The molecule has 0 aliphatic rings. The summed E-state index contributed by atoms with van der Waals surface area (Å²) in [6.45, 7) is 4.18. The van der Waals surface area contributed by atoms with Crippen molar-refractivity contribution in [3.63, 3.8) is 0 Å². The Morgan fingerprint density at radius 3 is 2.55 bits per heavy atom. The molecule has 0 fully saturated rings. The second kappa shape index (κ2) is 9.04. The monoisotopic (exact) mass is 313 g/mol. The van der Waals surface area contributed by atoms with Crippen molar-refractivity contribution in [2.75, 3.05) is 0 Å². The number of amides is 1. The minimum Gasteiger partial charge on any atom is -0.350 e. The predicted octanol–water partition coefficient (Wildman–Crippen LogP) is 5.09. The maximum absolute atomic E-state index is 11.8. The zero-order valence-electron chi connectivity index (χ0n) is 12.0. The molecule has 0 radical (unpaired) electrons. The number of hydrogen-bond donors (Lipinski definition) is 1. The lowest BCUT2D eigenvalue weighted by Crippen LogP contribution is -2.30. The van der Waals surface area contributed by atoms with Crippen LogP contribution in [0.5, 0.6) is 0 Å². The van der Waals surface area contributed by atoms with Gasteiger partial charge in [0, 0.05) is 27.7 Å². The average Bonchev–Trinajstić information content (AvgIpc) is 2.38. The van der Waals surface area contributed by atoms with Crippen LogP contribution in [0.3, 0.4) is 0 Å². The molecule has 0 saturated heterocycles. The quantitative estimate of drug-likeness (QED) is 0.551. The van der Waals surface area contributed by atoms with Crippen LogP contribution in [0.15, 0.2) is 24.3 Å². The molecule has 1 rings (SSSR count). The molecule has 1 unspecified atom stereocenters. The van der Waals surface area contributed by atoms with Crippen LogP contribution in [-0.2, 0) is 4.79 Å². The van der Waals surface area contributed by atoms with Gasteiger partial charge in [0.05, 0.1) is 0 Å². The van der Waals surface area contributed by atoms with Crippen molar-refractivity contribution in [3.8, 4) is 0 Å². The van der Waals surface area contributed by atoms with Crippen LogP contribution in [0.2, 0.25) is 10.0 Å². The Morgan fingerprint density at radius 2 is 1.95 bits per heavy atom. The van der Waals surface area contributed by atoms with Gasteiger partial charge in [0.1, 0.15) is 0 Å². The molecule has 1 amide bonds. The van der Waals surface area contributed by atoms with Gasteiger partial charge in [-0.1, -0.05) is 55.5 Å². The number of carbonyl (C=O) groups excluding carboxylic acids is 1. The summed E-state index contributed by atoms with van der Waals surface area (Å²) < 4.78 is 0. The Bertz CT molecular complexity index is 451. The zero-order valence-corrected chi connectivity index (χ0v) is 13.5. The van der Waals surface area contributed by atoms with Gasteiger partial charge in [0.15, 0.2) is 0 Å². The van der Waals surface area contributed by atoms with Crippen molar-refractivity contribution in [1.29, 1.82) is 0 Å². The summed E-state index contributed by atoms with van der Waals surface area (Å²) in [6, 6.07) is 5.45. The Balaban J connectivity index is 2.51. The van der Waals surface area contributed by atoms with Crippen LogP contribution in [0.1, 0.15) is 45.1 Å². The molecule has 1 atom stereocenters. The van der Waals surface area contributed by atoms with Crippen LogP contribution >= 0.6 is 23.2 Å². The first-order valence-corrected chi connectivity index (χ1v) is 7.72. The largest absolute Gasteiger partial charge is 0.350 e. The summed E-state index contributed by atoms with van der Waals surface area (Å²) in [5.41, 5.74) is 0.671. The number of hydrogen-bond acceptors (Lipinski definition) is 1. The Kier molecular flexibility index (Phi) is 7.71. The van der Waals surface area contributed by atoms with Crippen molar-refractivity contribution in [2.24, 2.45) is 0 Å². The Hall–Kier alpha value is -0.990. The van der Waals surface area contributed by atoms with E-state index in [-0.39, 0.29) is 11.9 Å². The minimum atomic E-state index is -0.120. The number of carbonyl (C=O) groups is 1. The second-order valence-corrected chi connectivity index (χ2v) is 5.69. The maximum atomic E-state index is 11.8. The lowest BCUT2D eigenvalue weighted by molar-refractivity contribution is -0.117. The summed E-state index contributed by atoms with van der Waals surface area (Å²) in [6.07, 6.45) is 7.65. The van der Waals surface area contributed by atoms with Gasteiger partial charge >= 0.3 is 0 Å². The highest BCUT2D eigenvalue weighted by Gasteiger charge is 2.05. The van der Waals surface area contributed by atoms with E-state index in [1.807, 2.05) is 6.92 Å². The minimum absolute atomic E-state index is 0.120. The molecule has 1 N–H and O–H groups in total. The number of unbranched alkanes of at least 4 members (excludes halogenated alkanes) is 2. The molecular weight excluding hydrogens is 293 g/mol. The van der Waals surface area contributed by atoms with Crippen LogP contribution in [0.25, 0.3) is 6.08 Å². The molecular formula is C16H21Cl2NO. The highest BCUT2D eigenvalue weighted by atomic mass is 35.5. The fourth-order valence-electron chi connectivity index (χ4n) is 1.89. The van der Waals surface area contributed by atoms with Crippen molar-refractivity contribution < 1.29 is 4.79 Å². The first-order valence-electron chi connectivity index (χ1n) is 6.97. The van der Waals surface area contributed by atoms with E-state index in [2.05, 4.69) is 12.2 Å². The smallest absolute Gasteiger partial charge is 0.244 e. The van der Waals surface area contributed by atoms with Crippen molar-refractivity contribution in [3.05, 3.63) is 39.9 Å². The Labute approximate surface area is 131 Å². The van der Waals surface area contributed by atoms with Gasteiger partial charge in [0.2, 0.25) is 5.91 Å². The van der Waals surface area contributed by atoms with Gasteiger partial charge in [0.25, 0.3) is 0 Å². The number of benzene rings is 1. The molecule has 20 heavy (non-hydrogen) atoms. The fourth-order valence-corrected chi connectivity index (χ4v) is 2.42. The standard InChI is InChI=1S/C16H21Cl2NO/c1-3-4-5-7-12(2)19-16(20)11-10-13-14(17)8-6-9-15(13)18/h6,8-12H,3-5,7H2,1-2H3,(H,19,20)/b11-10+. The SMILES string of the molecule is CCCCCC(C)NC(=O)/C=C/c1c(Cl)cccc1Cl. The number of rotatable bonds is 7. The molecule has 1 aromatic rings. The molecule has 0 saturated carbocycles. The third-order valence-electron chi connectivity index (χ3n) is 3.03. The van der Waals surface area contributed by atoms with Crippen LogP contribution in [0, 0.1) is 0 Å². The molecule has 0 spiro atoms. The third-order valence-corrected chi connectivity index (χ3v) is 3.69. The molecule has 1 aromatic carbocycles. The molecule has 0 aromatic heterocycles. The molecule has 4 heteroatoms. The zero-order chi connectivity index (χ0) is 15.0. The predicted molar refractivity (Wildman–Crippen MR) is 87.2 cm³/mol. The molecule has 0 aliphatic heterocycles. The lowest BCUT2D eigenvalue weighted by Gasteiger charge is -2.11. The van der Waals surface area contributed by atoms with E-state index in [1.165, 1.54) is 18.9 Å². The van der Waals surface area contributed by atoms with Crippen molar-refractivity contribution in [1.82, 2.24) is 5.32 Å². The molecule has 0 bridgehead atoms. The number of nitrogens with one attached hydrogen (secondary N) is 1. The van der Waals surface area contributed by atoms with Gasteiger partial charge in [-0.2, -0.15) is 0 Å². The summed E-state index contributed by atoms with van der Waals surface area (Å²) in [7, 11) is 0. The third kappa shape index (κ3) is 5.98. The van der Waals surface area contributed by atoms with E-state index in [9.17, 15) is 4.79 Å². The summed E-state index contributed by atoms with van der Waals surface area (Å²) in [5, 5.41) is 4.01. The van der Waals surface area contributed by atoms with Crippen molar-refractivity contribution in [2.45, 2.75) is 45.6 Å². The highest BCUT2D eigenvalue weighted by molar-refractivity contribution is 6.37. The van der Waals surface area contributed by atoms with Crippen LogP contribution in [-0.4, -0.2) is 11.9 Å². The average molecular weight is 314 g/mol. The van der Waals surface area contributed by atoms with Crippen LogP contribution < -0.4 is 5.32 Å². The molecule has 0 aliphatic carbocycles. The molecule has 2 nitrogen and oxygen atoms in total. The van der Waals surface area contributed by atoms with Gasteiger partial charge in [-0.3, -0.25) is 4.79 Å². The molecule has 0 heterocycles. The first-order chi connectivity index (χ1) is 9.54. The van der Waals surface area contributed by atoms with Gasteiger partial charge < -0.3 is 5.32 Å². The van der Waals surface area contributed by atoms with E-state index < -0.39 is 0 Å². The van der Waals surface area contributed by atoms with Gasteiger partial charge in [-0.05, 0) is 31.6 Å². The van der Waals surface area contributed by atoms with E-state index in [1.54, 1.807) is 24.3 Å². The first kappa shape index (κ1) is 17.1. The summed E-state index contributed by atoms with van der Waals surface area (Å²) in [4.78, 5) is 11.8. The number of halogens is 2. The maximum Gasteiger partial charge on any atom is 0.244 e. The topological polar surface area (TPSA) is 29.1 Å². The van der Waals surface area contributed by atoms with Crippen molar-refractivity contribution >= 4 is 35.2 Å². The van der Waals surface area contributed by atoms with Gasteiger partial charge in [-0.15, -0.1) is 0 Å². The normalized spacial score (nSPS) is 12.6. The fraction of sp³-hybridized carbons (Fsp3) is 0.438. The van der Waals surface area contributed by atoms with Crippen LogP contribution in [0.4, 0.5) is 0 Å². The second-order valence-electron chi connectivity index (χ2n) is 4.87. The van der Waals surface area contributed by atoms with E-state index >= 15 is 0 Å². The van der Waals surface area contributed by atoms with E-state index in [4.69, 9.17) is 23.2 Å². The Morgan fingerprint density at radius 1 is 1.30 bits per heavy atom. The highest BCUT2D eigenvalue weighted by Crippen LogP contribution is 2.25. The lowest BCUT2D eigenvalue weighted by atomic mass is 10.1. The van der Waals surface area contributed by atoms with E-state index in [0.29, 0.717) is 15.6 Å². The summed E-state index contributed by atoms with van der Waals surface area (Å²) in [5.74, 6) is -0.120. The van der Waals surface area contributed by atoms with E-state index in [0.717, 1.165) is 12.8 Å².